The highest BCUT2D eigenvalue weighted by atomic mass is 32.2. The highest BCUT2D eigenvalue weighted by Gasteiger charge is 2.29. The lowest BCUT2D eigenvalue weighted by atomic mass is 10.1. The number of nitrogens with one attached hydrogen (secondary N) is 1. The lowest BCUT2D eigenvalue weighted by molar-refractivity contribution is 0.102. The molecule has 27 heavy (non-hydrogen) atoms. The van der Waals surface area contributed by atoms with E-state index in [1.54, 1.807) is 12.1 Å². The lowest BCUT2D eigenvalue weighted by Gasteiger charge is -2.20. The molecule has 1 aliphatic rings. The number of halogens is 1. The maximum atomic E-state index is 14.3. The summed E-state index contributed by atoms with van der Waals surface area (Å²) < 4.78 is 41.5. The minimum atomic E-state index is -3.97. The number of amides is 1. The molecule has 0 atom stereocenters. The minimum Gasteiger partial charge on any atom is -0.322 e. The lowest BCUT2D eigenvalue weighted by Crippen LogP contribution is -2.32. The first-order valence-electron chi connectivity index (χ1n) is 9.06. The Morgan fingerprint density at radius 2 is 1.70 bits per heavy atom. The van der Waals surface area contributed by atoms with Crippen LogP contribution in [-0.4, -0.2) is 31.7 Å². The van der Waals surface area contributed by atoms with Crippen molar-refractivity contribution in [2.75, 3.05) is 18.4 Å². The summed E-state index contributed by atoms with van der Waals surface area (Å²) in [6.45, 7) is 2.61. The van der Waals surface area contributed by atoms with Crippen molar-refractivity contribution in [2.45, 2.75) is 37.5 Å². The first-order chi connectivity index (χ1) is 12.9. The minimum absolute atomic E-state index is 0.105. The van der Waals surface area contributed by atoms with E-state index in [-0.39, 0.29) is 5.56 Å². The summed E-state index contributed by atoms with van der Waals surface area (Å²) in [6.07, 6.45) is 3.45. The highest BCUT2D eigenvalue weighted by Crippen LogP contribution is 2.24. The first-order valence-corrected chi connectivity index (χ1v) is 10.5. The Labute approximate surface area is 159 Å². The van der Waals surface area contributed by atoms with Gasteiger partial charge in [-0.15, -0.1) is 0 Å². The summed E-state index contributed by atoms with van der Waals surface area (Å²) in [5.41, 5.74) is 1.61. The number of rotatable bonds is 4. The predicted molar refractivity (Wildman–Crippen MR) is 103 cm³/mol. The largest absolute Gasteiger partial charge is 0.322 e. The Bertz CT molecular complexity index is 936. The van der Waals surface area contributed by atoms with E-state index in [4.69, 9.17) is 0 Å². The molecule has 1 amide bonds. The van der Waals surface area contributed by atoms with Crippen molar-refractivity contribution >= 4 is 21.6 Å². The second-order valence-corrected chi connectivity index (χ2v) is 8.64. The van der Waals surface area contributed by atoms with Gasteiger partial charge in [-0.3, -0.25) is 4.79 Å². The maximum absolute atomic E-state index is 14.3. The Morgan fingerprint density at radius 1 is 1.04 bits per heavy atom. The third-order valence-corrected chi connectivity index (χ3v) is 6.68. The zero-order valence-corrected chi connectivity index (χ0v) is 16.1. The molecule has 0 saturated carbocycles. The highest BCUT2D eigenvalue weighted by molar-refractivity contribution is 7.89. The van der Waals surface area contributed by atoms with E-state index in [2.05, 4.69) is 5.32 Å². The van der Waals surface area contributed by atoms with Gasteiger partial charge in [-0.2, -0.15) is 4.31 Å². The third-order valence-electron chi connectivity index (χ3n) is 4.77. The van der Waals surface area contributed by atoms with Crippen molar-refractivity contribution in [3.8, 4) is 0 Å². The van der Waals surface area contributed by atoms with Crippen LogP contribution in [0.5, 0.6) is 0 Å². The van der Waals surface area contributed by atoms with Crippen molar-refractivity contribution in [1.29, 1.82) is 0 Å². The van der Waals surface area contributed by atoms with Crippen LogP contribution in [0.1, 0.15) is 41.6 Å². The Hall–Kier alpha value is -2.25. The summed E-state index contributed by atoms with van der Waals surface area (Å²) >= 11 is 0. The number of sulfonamides is 1. The number of anilines is 1. The average molecular weight is 390 g/mol. The summed E-state index contributed by atoms with van der Waals surface area (Å²) in [5, 5.41) is 2.74. The average Bonchev–Trinajstić information content (AvgIpc) is 2.94. The fourth-order valence-corrected chi connectivity index (χ4v) is 4.78. The summed E-state index contributed by atoms with van der Waals surface area (Å²) in [5.74, 6) is -1.32. The number of nitrogens with zero attached hydrogens (tertiary/aromatic N) is 1. The quantitative estimate of drug-likeness (QED) is 0.860. The van der Waals surface area contributed by atoms with Crippen molar-refractivity contribution in [2.24, 2.45) is 0 Å². The van der Waals surface area contributed by atoms with E-state index in [0.717, 1.165) is 43.4 Å². The standard InChI is InChI=1S/C20H23FN2O3S/c1-15-8-4-5-9-18(15)22-20(24)16-10-11-17(21)19(14-16)27(25,26)23-12-6-2-3-7-13-23/h4-5,8-11,14H,2-3,6-7,12-13H2,1H3,(H,22,24). The number of para-hydroxylation sites is 1. The van der Waals surface area contributed by atoms with Gasteiger partial charge in [0.1, 0.15) is 10.7 Å². The van der Waals surface area contributed by atoms with E-state index >= 15 is 0 Å². The van der Waals surface area contributed by atoms with Crippen molar-refractivity contribution in [1.82, 2.24) is 4.31 Å². The van der Waals surface area contributed by atoms with E-state index in [9.17, 15) is 17.6 Å². The van der Waals surface area contributed by atoms with E-state index < -0.39 is 26.6 Å². The Morgan fingerprint density at radius 3 is 2.37 bits per heavy atom. The Balaban J connectivity index is 1.89. The van der Waals surface area contributed by atoms with Crippen LogP contribution in [0, 0.1) is 12.7 Å². The number of aryl methyl sites for hydroxylation is 1. The van der Waals surface area contributed by atoms with Crippen molar-refractivity contribution in [3.05, 3.63) is 59.4 Å². The van der Waals surface area contributed by atoms with Crippen LogP contribution in [0.3, 0.4) is 0 Å². The normalized spacial score (nSPS) is 15.9. The van der Waals surface area contributed by atoms with E-state index in [0.29, 0.717) is 18.8 Å². The van der Waals surface area contributed by atoms with Crippen LogP contribution in [0.4, 0.5) is 10.1 Å². The van der Waals surface area contributed by atoms with Gasteiger partial charge in [0.15, 0.2) is 0 Å². The third kappa shape index (κ3) is 4.36. The van der Waals surface area contributed by atoms with Crippen molar-refractivity contribution in [3.63, 3.8) is 0 Å². The van der Waals surface area contributed by atoms with Crippen LogP contribution < -0.4 is 5.32 Å². The molecule has 0 bridgehead atoms. The molecule has 3 rings (SSSR count). The van der Waals surface area contributed by atoms with Crippen LogP contribution in [0.15, 0.2) is 47.4 Å². The number of hydrogen-bond acceptors (Lipinski definition) is 3. The van der Waals surface area contributed by atoms with Gasteiger partial charge in [-0.05, 0) is 49.6 Å². The molecule has 144 valence electrons. The van der Waals surface area contributed by atoms with Crippen LogP contribution in [0.2, 0.25) is 0 Å². The van der Waals surface area contributed by atoms with E-state index in [1.807, 2.05) is 19.1 Å². The molecule has 1 saturated heterocycles. The molecular weight excluding hydrogens is 367 g/mol. The second kappa shape index (κ2) is 8.19. The molecule has 0 aromatic heterocycles. The van der Waals surface area contributed by atoms with Gasteiger partial charge in [0, 0.05) is 24.3 Å². The fraction of sp³-hybridized carbons (Fsp3) is 0.350. The monoisotopic (exact) mass is 390 g/mol. The predicted octanol–water partition coefficient (Wildman–Crippen LogP) is 3.95. The van der Waals surface area contributed by atoms with Gasteiger partial charge in [0.25, 0.3) is 5.91 Å². The SMILES string of the molecule is Cc1ccccc1NC(=O)c1ccc(F)c(S(=O)(=O)N2CCCCCC2)c1. The van der Waals surface area contributed by atoms with Crippen LogP contribution in [0.25, 0.3) is 0 Å². The van der Waals surface area contributed by atoms with Crippen LogP contribution >= 0.6 is 0 Å². The summed E-state index contributed by atoms with van der Waals surface area (Å²) in [6, 6.07) is 10.7. The van der Waals surface area contributed by atoms with Gasteiger partial charge < -0.3 is 5.32 Å². The number of hydrogen-bond donors (Lipinski definition) is 1. The maximum Gasteiger partial charge on any atom is 0.255 e. The zero-order valence-electron chi connectivity index (χ0n) is 15.2. The molecule has 0 radical (unpaired) electrons. The molecular formula is C20H23FN2O3S. The molecule has 2 aromatic rings. The number of benzene rings is 2. The molecule has 1 aliphatic heterocycles. The smallest absolute Gasteiger partial charge is 0.255 e. The molecule has 1 N–H and O–H groups in total. The van der Waals surface area contributed by atoms with Gasteiger partial charge >= 0.3 is 0 Å². The molecule has 7 heteroatoms. The number of carbonyl (C=O) groups excluding carboxylic acids is 1. The molecule has 0 unspecified atom stereocenters. The first kappa shape index (κ1) is 19.5. The van der Waals surface area contributed by atoms with Gasteiger partial charge in [0.05, 0.1) is 0 Å². The molecule has 1 heterocycles. The summed E-state index contributed by atoms with van der Waals surface area (Å²) in [4.78, 5) is 12.1. The van der Waals surface area contributed by atoms with Crippen molar-refractivity contribution < 1.29 is 17.6 Å². The molecule has 0 aliphatic carbocycles. The molecule has 2 aromatic carbocycles. The molecule has 1 fully saturated rings. The fourth-order valence-electron chi connectivity index (χ4n) is 3.17. The van der Waals surface area contributed by atoms with E-state index in [1.165, 1.54) is 10.4 Å². The topological polar surface area (TPSA) is 66.5 Å². The second-order valence-electron chi connectivity index (χ2n) is 6.73. The summed E-state index contributed by atoms with van der Waals surface area (Å²) in [7, 11) is -3.97. The molecule has 5 nitrogen and oxygen atoms in total. The van der Waals surface area contributed by atoms with Crippen LogP contribution in [-0.2, 0) is 10.0 Å². The van der Waals surface area contributed by atoms with Gasteiger partial charge in [-0.1, -0.05) is 31.0 Å². The number of carbonyl (C=O) groups is 1. The zero-order chi connectivity index (χ0) is 19.4. The Kier molecular flexibility index (Phi) is 5.92. The molecule has 0 spiro atoms. The van der Waals surface area contributed by atoms with Gasteiger partial charge in [-0.25, -0.2) is 12.8 Å². The van der Waals surface area contributed by atoms with Gasteiger partial charge in [0.2, 0.25) is 10.0 Å².